The molecule has 0 saturated heterocycles. The number of hydrogen-bond acceptors (Lipinski definition) is 1. The van der Waals surface area contributed by atoms with Crippen LogP contribution in [0.2, 0.25) is 0 Å². The van der Waals surface area contributed by atoms with E-state index in [2.05, 4.69) is 0 Å². The summed E-state index contributed by atoms with van der Waals surface area (Å²) in [5, 5.41) is 7.57. The minimum atomic E-state index is 0.250. The van der Waals surface area contributed by atoms with Crippen LogP contribution in [0.3, 0.4) is 0 Å². The zero-order valence-electron chi connectivity index (χ0n) is 6.40. The Hall–Kier alpha value is -0.0400. The van der Waals surface area contributed by atoms with Gasteiger partial charge in [-0.1, -0.05) is 38.5 Å². The molecule has 0 aromatic rings. The van der Waals surface area contributed by atoms with E-state index in [1.165, 1.54) is 38.5 Å². The second-order valence-corrected chi connectivity index (χ2v) is 2.44. The third-order valence-corrected chi connectivity index (χ3v) is 0.707. The van der Waals surface area contributed by atoms with Crippen LogP contribution in [0.15, 0.2) is 0 Å². The molecule has 0 aromatic carbocycles. The third kappa shape index (κ3) is 73.6. The van der Waals surface area contributed by atoms with Gasteiger partial charge in [0.05, 0.1) is 0 Å². The normalized spacial score (nSPS) is 18.0. The molecule has 0 atom stereocenters. The van der Waals surface area contributed by atoms with Gasteiger partial charge in [0.2, 0.25) is 0 Å². The van der Waals surface area contributed by atoms with E-state index in [9.17, 15) is 0 Å². The first-order valence-electron chi connectivity index (χ1n) is 4.02. The molecule has 2 aliphatic carbocycles. The minimum Gasteiger partial charge on any atom is -0.397 e. The van der Waals surface area contributed by atoms with Crippen molar-refractivity contribution in [3.63, 3.8) is 0 Å². The van der Waals surface area contributed by atoms with Gasteiger partial charge >= 0.3 is 0 Å². The zero-order chi connectivity index (χ0) is 6.95. The van der Waals surface area contributed by atoms with Crippen molar-refractivity contribution in [3.05, 3.63) is 0 Å². The van der Waals surface area contributed by atoms with Gasteiger partial charge in [-0.3, -0.25) is 0 Å². The van der Waals surface area contributed by atoms with Crippen LogP contribution in [-0.4, -0.2) is 11.7 Å². The van der Waals surface area contributed by atoms with Gasteiger partial charge in [-0.05, 0) is 6.92 Å². The largest absolute Gasteiger partial charge is 0.397 e. The quantitative estimate of drug-likeness (QED) is 0.533. The fourth-order valence-corrected chi connectivity index (χ4v) is 0. The molecule has 0 radical (unpaired) electrons. The van der Waals surface area contributed by atoms with E-state index in [4.69, 9.17) is 5.11 Å². The summed E-state index contributed by atoms with van der Waals surface area (Å²) in [5.41, 5.74) is 0. The van der Waals surface area contributed by atoms with E-state index >= 15 is 0 Å². The highest BCUT2D eigenvalue weighted by atomic mass is 16.2. The number of hydrogen-bond donors (Lipinski definition) is 1. The maximum atomic E-state index is 7.57. The average molecular weight is 130 g/mol. The monoisotopic (exact) mass is 130 g/mol. The predicted molar refractivity (Wildman–Crippen MR) is 40.5 cm³/mol. The number of rotatable bonds is 0. The molecule has 56 valence electrons. The standard InChI is InChI=1S/2C3H6.C2H6O/c2*1-2-3-1;1-2-3/h2*1-3H2;3H,2H2,1H3. The van der Waals surface area contributed by atoms with Gasteiger partial charge < -0.3 is 5.11 Å². The Morgan fingerprint density at radius 1 is 0.889 bits per heavy atom. The molecule has 2 aliphatic rings. The Morgan fingerprint density at radius 2 is 1.00 bits per heavy atom. The Labute approximate surface area is 58.1 Å². The van der Waals surface area contributed by atoms with Gasteiger partial charge in [-0.25, -0.2) is 0 Å². The van der Waals surface area contributed by atoms with Crippen molar-refractivity contribution >= 4 is 0 Å². The Balaban J connectivity index is 0.000000107. The van der Waals surface area contributed by atoms with E-state index in [0.29, 0.717) is 0 Å². The first kappa shape index (κ1) is 8.96. The van der Waals surface area contributed by atoms with E-state index in [0.717, 1.165) is 0 Å². The van der Waals surface area contributed by atoms with Gasteiger partial charge in [0.15, 0.2) is 0 Å². The van der Waals surface area contributed by atoms with Crippen LogP contribution in [0.4, 0.5) is 0 Å². The van der Waals surface area contributed by atoms with Gasteiger partial charge in [-0.15, -0.1) is 0 Å². The van der Waals surface area contributed by atoms with Crippen molar-refractivity contribution < 1.29 is 5.11 Å². The highest BCUT2D eigenvalue weighted by molar-refractivity contribution is 4.51. The Kier molecular flexibility index (Phi) is 7.92. The van der Waals surface area contributed by atoms with Crippen LogP contribution < -0.4 is 0 Å². The van der Waals surface area contributed by atoms with Crippen LogP contribution in [0.1, 0.15) is 45.4 Å². The molecule has 0 aromatic heterocycles. The summed E-state index contributed by atoms with van der Waals surface area (Å²) in [5.74, 6) is 0. The average Bonchev–Trinajstić information content (AvgIpc) is 2.66. The highest BCUT2D eigenvalue weighted by Gasteiger charge is 1.95. The predicted octanol–water partition coefficient (Wildman–Crippen LogP) is 2.34. The van der Waals surface area contributed by atoms with E-state index in [1.807, 2.05) is 0 Å². The second kappa shape index (κ2) is 7.96. The lowest BCUT2D eigenvalue weighted by Gasteiger charge is -1.52. The van der Waals surface area contributed by atoms with Crippen LogP contribution in [-0.2, 0) is 0 Å². The molecular weight excluding hydrogens is 112 g/mol. The molecule has 2 rings (SSSR count). The summed E-state index contributed by atoms with van der Waals surface area (Å²) < 4.78 is 0. The molecule has 0 amide bonds. The summed E-state index contributed by atoms with van der Waals surface area (Å²) in [6, 6.07) is 0. The lowest BCUT2D eigenvalue weighted by atomic mass is 10.9. The summed E-state index contributed by atoms with van der Waals surface area (Å²) in [6.45, 7) is 1.93. The van der Waals surface area contributed by atoms with Gasteiger partial charge in [0.1, 0.15) is 0 Å². The second-order valence-electron chi connectivity index (χ2n) is 2.44. The zero-order valence-corrected chi connectivity index (χ0v) is 6.40. The maximum absolute atomic E-state index is 7.57. The smallest absolute Gasteiger partial charge is 0.0402 e. The molecule has 0 heterocycles. The summed E-state index contributed by atoms with van der Waals surface area (Å²) in [6.07, 6.45) is 9.00. The molecule has 2 saturated carbocycles. The third-order valence-electron chi connectivity index (χ3n) is 0.707. The molecule has 9 heavy (non-hydrogen) atoms. The summed E-state index contributed by atoms with van der Waals surface area (Å²) >= 11 is 0. The molecule has 0 unspecified atom stereocenters. The molecular formula is C8H18O. The van der Waals surface area contributed by atoms with Crippen molar-refractivity contribution in [2.75, 3.05) is 6.61 Å². The molecule has 2 fully saturated rings. The number of aliphatic hydroxyl groups is 1. The fourth-order valence-electron chi connectivity index (χ4n) is 0. The van der Waals surface area contributed by atoms with Crippen LogP contribution >= 0.6 is 0 Å². The molecule has 0 bridgehead atoms. The van der Waals surface area contributed by atoms with Crippen molar-refractivity contribution in [3.8, 4) is 0 Å². The molecule has 1 nitrogen and oxygen atoms in total. The van der Waals surface area contributed by atoms with Gasteiger partial charge in [-0.2, -0.15) is 0 Å². The maximum Gasteiger partial charge on any atom is 0.0402 e. The minimum absolute atomic E-state index is 0.250. The van der Waals surface area contributed by atoms with Gasteiger partial charge in [0, 0.05) is 6.61 Å². The highest BCUT2D eigenvalue weighted by Crippen LogP contribution is 2.15. The van der Waals surface area contributed by atoms with E-state index < -0.39 is 0 Å². The van der Waals surface area contributed by atoms with Crippen molar-refractivity contribution in [2.24, 2.45) is 0 Å². The lowest BCUT2D eigenvalue weighted by molar-refractivity contribution is 0.318. The summed E-state index contributed by atoms with van der Waals surface area (Å²) in [7, 11) is 0. The van der Waals surface area contributed by atoms with E-state index in [1.54, 1.807) is 6.92 Å². The lowest BCUT2D eigenvalue weighted by Crippen LogP contribution is -1.57. The van der Waals surface area contributed by atoms with Crippen LogP contribution in [0.25, 0.3) is 0 Å². The van der Waals surface area contributed by atoms with Gasteiger partial charge in [0.25, 0.3) is 0 Å². The van der Waals surface area contributed by atoms with Crippen LogP contribution in [0.5, 0.6) is 0 Å². The Bertz CT molecular complexity index is 28.3. The summed E-state index contributed by atoms with van der Waals surface area (Å²) in [4.78, 5) is 0. The topological polar surface area (TPSA) is 20.2 Å². The first-order chi connectivity index (χ1) is 4.41. The first-order valence-corrected chi connectivity index (χ1v) is 4.02. The molecule has 0 aliphatic heterocycles. The van der Waals surface area contributed by atoms with Crippen molar-refractivity contribution in [2.45, 2.75) is 45.4 Å². The van der Waals surface area contributed by atoms with Crippen molar-refractivity contribution in [1.29, 1.82) is 0 Å². The number of aliphatic hydroxyl groups excluding tert-OH is 1. The molecule has 1 N–H and O–H groups in total. The molecule has 0 spiro atoms. The molecule has 1 heteroatoms. The fraction of sp³-hybridized carbons (Fsp3) is 1.00. The van der Waals surface area contributed by atoms with Crippen molar-refractivity contribution in [1.82, 2.24) is 0 Å². The van der Waals surface area contributed by atoms with E-state index in [-0.39, 0.29) is 6.61 Å². The SMILES string of the molecule is C1CC1.C1CC1.CCO. The van der Waals surface area contributed by atoms with Crippen LogP contribution in [0, 0.1) is 0 Å². The Morgan fingerprint density at radius 3 is 1.00 bits per heavy atom.